The molecule has 0 unspecified atom stereocenters. The molecule has 5 rings (SSSR count). The Morgan fingerprint density at radius 2 is 2.10 bits per heavy atom. The summed E-state index contributed by atoms with van der Waals surface area (Å²) < 4.78 is 26.5. The summed E-state index contributed by atoms with van der Waals surface area (Å²) >= 11 is 6.00. The fraction of sp³-hybridized carbons (Fsp3) is 0.278. The zero-order valence-corrected chi connectivity index (χ0v) is 16.2. The van der Waals surface area contributed by atoms with Crippen molar-refractivity contribution in [1.29, 1.82) is 0 Å². The van der Waals surface area contributed by atoms with Gasteiger partial charge in [-0.05, 0) is 24.1 Å². The van der Waals surface area contributed by atoms with Crippen molar-refractivity contribution >= 4 is 23.1 Å². The number of aromatic nitrogens is 6. The Morgan fingerprint density at radius 3 is 2.90 bits per heavy atom. The molecule has 1 aliphatic rings. The number of anilines is 1. The molecule has 1 fully saturated rings. The van der Waals surface area contributed by atoms with E-state index >= 15 is 0 Å². The van der Waals surface area contributed by atoms with Gasteiger partial charge in [-0.3, -0.25) is 9.36 Å². The maximum atomic E-state index is 13.1. The molecule has 12 heteroatoms. The number of halogens is 2. The van der Waals surface area contributed by atoms with Crippen LogP contribution < -0.4 is 11.3 Å². The molecular formula is C18H15ClFN7O3. The van der Waals surface area contributed by atoms with Crippen LogP contribution in [0.1, 0.15) is 35.7 Å². The summed E-state index contributed by atoms with van der Waals surface area (Å²) in [5, 5.41) is 12.1. The number of hydrogen-bond donors (Lipinski definition) is 1. The molecule has 4 heterocycles. The van der Waals surface area contributed by atoms with Crippen molar-refractivity contribution in [3.63, 3.8) is 0 Å². The number of nitrogens with two attached hydrogens (primary N) is 1. The van der Waals surface area contributed by atoms with Gasteiger partial charge in [0, 0.05) is 5.92 Å². The van der Waals surface area contributed by atoms with E-state index in [0.717, 1.165) is 10.2 Å². The normalized spacial score (nSPS) is 19.0. The molecule has 2 N–H and O–H groups in total. The minimum atomic E-state index is -0.467. The Bertz CT molecular complexity index is 1280. The summed E-state index contributed by atoms with van der Waals surface area (Å²) in [7, 11) is 0. The van der Waals surface area contributed by atoms with Crippen molar-refractivity contribution in [2.45, 2.75) is 25.0 Å². The smallest absolute Gasteiger partial charge is 0.283 e. The molecule has 10 nitrogen and oxygen atoms in total. The number of hydrogen-bond acceptors (Lipinski definition) is 8. The number of rotatable bonds is 4. The van der Waals surface area contributed by atoms with Crippen LogP contribution in [-0.4, -0.2) is 36.1 Å². The van der Waals surface area contributed by atoms with Crippen LogP contribution in [0.4, 0.5) is 10.3 Å². The third-order valence-corrected chi connectivity index (χ3v) is 5.29. The Kier molecular flexibility index (Phi) is 4.48. The molecule has 4 aromatic rings. The Labute approximate surface area is 173 Å². The van der Waals surface area contributed by atoms with Gasteiger partial charge in [0.2, 0.25) is 11.8 Å². The third kappa shape index (κ3) is 3.21. The molecule has 3 aromatic heterocycles. The van der Waals surface area contributed by atoms with Gasteiger partial charge in [0.15, 0.2) is 11.3 Å². The highest BCUT2D eigenvalue weighted by atomic mass is 35.5. The predicted octanol–water partition coefficient (Wildman–Crippen LogP) is 1.94. The number of benzene rings is 1. The van der Waals surface area contributed by atoms with E-state index in [1.54, 1.807) is 12.1 Å². The van der Waals surface area contributed by atoms with E-state index in [9.17, 15) is 9.18 Å². The third-order valence-electron chi connectivity index (χ3n) is 5.01. The van der Waals surface area contributed by atoms with E-state index < -0.39 is 5.56 Å². The molecule has 0 aliphatic carbocycles. The van der Waals surface area contributed by atoms with Crippen molar-refractivity contribution in [3.05, 3.63) is 68.9 Å². The first-order chi connectivity index (χ1) is 14.5. The number of nitrogens with zero attached hydrogens (tertiary/aromatic N) is 6. The van der Waals surface area contributed by atoms with Crippen LogP contribution in [0, 0.1) is 5.82 Å². The lowest BCUT2D eigenvalue weighted by Gasteiger charge is -2.08. The summed E-state index contributed by atoms with van der Waals surface area (Å²) in [6.07, 6.45) is 1.77. The van der Waals surface area contributed by atoms with Gasteiger partial charge >= 0.3 is 0 Å². The number of nitrogen functional groups attached to an aromatic ring is 1. The maximum absolute atomic E-state index is 13.1. The fourth-order valence-corrected chi connectivity index (χ4v) is 3.67. The Balaban J connectivity index is 1.35. The van der Waals surface area contributed by atoms with Crippen LogP contribution in [0.25, 0.3) is 5.52 Å². The van der Waals surface area contributed by atoms with Crippen LogP contribution in [0.3, 0.4) is 0 Å². The Morgan fingerprint density at radius 1 is 1.30 bits per heavy atom. The molecule has 0 spiro atoms. The van der Waals surface area contributed by atoms with E-state index in [4.69, 9.17) is 26.6 Å². The molecule has 0 amide bonds. The Hall–Kier alpha value is -3.31. The van der Waals surface area contributed by atoms with Gasteiger partial charge in [-0.1, -0.05) is 28.9 Å². The van der Waals surface area contributed by atoms with E-state index in [2.05, 4.69) is 20.3 Å². The predicted molar refractivity (Wildman–Crippen MR) is 103 cm³/mol. The van der Waals surface area contributed by atoms with Crippen molar-refractivity contribution in [2.24, 2.45) is 0 Å². The number of ether oxygens (including phenoxy) is 1. The second kappa shape index (κ2) is 7.18. The number of fused-ring (bicyclic) bond motifs is 1. The second-order valence-electron chi connectivity index (χ2n) is 6.93. The molecule has 0 radical (unpaired) electrons. The fourth-order valence-electron chi connectivity index (χ4n) is 3.47. The van der Waals surface area contributed by atoms with Crippen LogP contribution in [-0.2, 0) is 11.3 Å². The minimum Gasteiger partial charge on any atom is -0.373 e. The van der Waals surface area contributed by atoms with Gasteiger partial charge in [-0.2, -0.15) is 10.1 Å². The van der Waals surface area contributed by atoms with Gasteiger partial charge in [-0.25, -0.2) is 4.39 Å². The lowest BCUT2D eigenvalue weighted by Crippen LogP contribution is -2.27. The molecule has 1 saturated heterocycles. The van der Waals surface area contributed by atoms with Gasteiger partial charge in [0.05, 0.1) is 23.9 Å². The van der Waals surface area contributed by atoms with E-state index in [-0.39, 0.29) is 46.8 Å². The molecule has 0 saturated carbocycles. The van der Waals surface area contributed by atoms with E-state index in [1.165, 1.54) is 22.9 Å². The van der Waals surface area contributed by atoms with Crippen LogP contribution in [0.5, 0.6) is 0 Å². The van der Waals surface area contributed by atoms with E-state index in [1.807, 2.05) is 0 Å². The SMILES string of the molecule is Nc1nn2ncc(Cl)c2c(=O)n1Cc1nc([C@@H]2CO[C@@H](c3ccc(F)cc3)C2)no1. The first kappa shape index (κ1) is 18.7. The van der Waals surface area contributed by atoms with Gasteiger partial charge in [0.25, 0.3) is 5.56 Å². The van der Waals surface area contributed by atoms with Crippen molar-refractivity contribution < 1.29 is 13.7 Å². The standard InChI is InChI=1S/C18H15ClFN7O3/c19-12-6-22-27-15(12)17(28)26(18(21)24-27)7-14-23-16(25-30-14)10-5-13(29-8-10)9-1-3-11(20)4-2-9/h1-4,6,10,13H,5,7-8H2,(H2,21,24)/t10-,13+/m0/s1. The highest BCUT2D eigenvalue weighted by Crippen LogP contribution is 2.37. The van der Waals surface area contributed by atoms with Crippen molar-refractivity contribution in [1.82, 2.24) is 29.5 Å². The van der Waals surface area contributed by atoms with Crippen LogP contribution in [0.2, 0.25) is 5.02 Å². The monoisotopic (exact) mass is 431 g/mol. The van der Waals surface area contributed by atoms with Crippen molar-refractivity contribution in [2.75, 3.05) is 12.3 Å². The van der Waals surface area contributed by atoms with Gasteiger partial charge in [-0.15, -0.1) is 9.73 Å². The minimum absolute atomic E-state index is 0.0579. The summed E-state index contributed by atoms with van der Waals surface area (Å²) in [6, 6.07) is 6.20. The van der Waals surface area contributed by atoms with Gasteiger partial charge < -0.3 is 15.0 Å². The molecular weight excluding hydrogens is 417 g/mol. The second-order valence-corrected chi connectivity index (χ2v) is 7.34. The molecule has 0 bridgehead atoms. The topological polar surface area (TPSA) is 126 Å². The maximum Gasteiger partial charge on any atom is 0.283 e. The summed E-state index contributed by atoms with van der Waals surface area (Å²) in [5.74, 6) is 0.225. The summed E-state index contributed by atoms with van der Waals surface area (Å²) in [5.41, 5.74) is 6.41. The molecule has 30 heavy (non-hydrogen) atoms. The lowest BCUT2D eigenvalue weighted by atomic mass is 10.00. The highest BCUT2D eigenvalue weighted by Gasteiger charge is 2.31. The van der Waals surface area contributed by atoms with Crippen molar-refractivity contribution in [3.8, 4) is 0 Å². The summed E-state index contributed by atoms with van der Waals surface area (Å²) in [6.45, 7) is 0.347. The average molecular weight is 432 g/mol. The first-order valence-electron chi connectivity index (χ1n) is 9.09. The zero-order chi connectivity index (χ0) is 20.8. The zero-order valence-electron chi connectivity index (χ0n) is 15.4. The molecule has 2 atom stereocenters. The average Bonchev–Trinajstić information content (AvgIpc) is 3.46. The quantitative estimate of drug-likeness (QED) is 0.519. The van der Waals surface area contributed by atoms with Crippen LogP contribution in [0.15, 0.2) is 39.8 Å². The molecule has 154 valence electrons. The first-order valence-corrected chi connectivity index (χ1v) is 9.47. The highest BCUT2D eigenvalue weighted by molar-refractivity contribution is 6.33. The molecule has 1 aromatic carbocycles. The molecule has 1 aliphatic heterocycles. The van der Waals surface area contributed by atoms with Gasteiger partial charge in [0.1, 0.15) is 12.4 Å². The van der Waals surface area contributed by atoms with Crippen LogP contribution >= 0.6 is 11.6 Å². The van der Waals surface area contributed by atoms with E-state index in [0.29, 0.717) is 18.9 Å². The largest absolute Gasteiger partial charge is 0.373 e. The summed E-state index contributed by atoms with van der Waals surface area (Å²) in [4.78, 5) is 17.1. The lowest BCUT2D eigenvalue weighted by molar-refractivity contribution is 0.110.